The minimum Gasteiger partial charge on any atom is -0.422 e. The maximum absolute atomic E-state index is 11.6. The number of rotatable bonds is 2. The van der Waals surface area contributed by atoms with Crippen LogP contribution in [0.3, 0.4) is 0 Å². The van der Waals surface area contributed by atoms with E-state index in [9.17, 15) is 19.7 Å². The molecule has 6 nitrogen and oxygen atoms in total. The van der Waals surface area contributed by atoms with Crippen molar-refractivity contribution < 1.29 is 14.1 Å². The summed E-state index contributed by atoms with van der Waals surface area (Å²) in [6.07, 6.45) is 0. The molecule has 0 spiro atoms. The molecular weight excluding hydrogens is 238 g/mol. The molecule has 0 radical (unpaired) electrons. The predicted octanol–water partition coefficient (Wildman–Crippen LogP) is 2.21. The Labute approximate surface area is 101 Å². The Balaban J connectivity index is 2.86. The van der Waals surface area contributed by atoms with Crippen LogP contribution in [0.25, 0.3) is 11.0 Å². The van der Waals surface area contributed by atoms with Crippen LogP contribution < -0.4 is 5.63 Å². The Morgan fingerprint density at radius 1 is 1.39 bits per heavy atom. The third-order valence-corrected chi connectivity index (χ3v) is 2.71. The first-order valence-corrected chi connectivity index (χ1v) is 5.14. The normalized spacial score (nSPS) is 10.6. The molecule has 2 aromatic rings. The van der Waals surface area contributed by atoms with Crippen LogP contribution in [0.4, 0.5) is 5.69 Å². The number of carbonyl (C=O) groups excluding carboxylic acids is 1. The van der Waals surface area contributed by atoms with Crippen molar-refractivity contribution in [1.82, 2.24) is 0 Å². The number of nitro groups is 1. The number of Topliss-reactive ketones (excluding diaryl/α,β-unsaturated/α-hetero) is 1. The van der Waals surface area contributed by atoms with Gasteiger partial charge in [-0.3, -0.25) is 14.9 Å². The quantitative estimate of drug-likeness (QED) is 0.351. The van der Waals surface area contributed by atoms with Gasteiger partial charge in [0.2, 0.25) is 0 Å². The van der Waals surface area contributed by atoms with Crippen molar-refractivity contribution in [2.24, 2.45) is 0 Å². The summed E-state index contributed by atoms with van der Waals surface area (Å²) < 4.78 is 4.94. The van der Waals surface area contributed by atoms with Crippen molar-refractivity contribution in [3.05, 3.63) is 49.9 Å². The number of non-ortho nitro benzene ring substituents is 1. The molecule has 0 aliphatic heterocycles. The number of fused-ring (bicyclic) bond motifs is 1. The van der Waals surface area contributed by atoms with Crippen LogP contribution >= 0.6 is 0 Å². The average molecular weight is 247 g/mol. The van der Waals surface area contributed by atoms with Gasteiger partial charge in [0.25, 0.3) is 5.69 Å². The second kappa shape index (κ2) is 4.06. The lowest BCUT2D eigenvalue weighted by Gasteiger charge is -2.04. The van der Waals surface area contributed by atoms with Gasteiger partial charge >= 0.3 is 5.63 Å². The van der Waals surface area contributed by atoms with Gasteiger partial charge in [0, 0.05) is 11.5 Å². The van der Waals surface area contributed by atoms with Crippen LogP contribution in [-0.2, 0) is 0 Å². The molecule has 0 saturated heterocycles. The fraction of sp³-hybridized carbons (Fsp3) is 0.167. The van der Waals surface area contributed by atoms with E-state index in [4.69, 9.17) is 4.42 Å². The molecule has 0 unspecified atom stereocenters. The number of nitro benzene ring substituents is 1. The lowest BCUT2D eigenvalue weighted by atomic mass is 10.0. The molecule has 0 bridgehead atoms. The highest BCUT2D eigenvalue weighted by molar-refractivity contribution is 5.99. The van der Waals surface area contributed by atoms with E-state index in [-0.39, 0.29) is 22.6 Å². The monoisotopic (exact) mass is 247 g/mol. The van der Waals surface area contributed by atoms with Crippen molar-refractivity contribution in [1.29, 1.82) is 0 Å². The molecule has 0 atom stereocenters. The van der Waals surface area contributed by atoms with E-state index in [1.807, 2.05) is 0 Å². The Kier molecular flexibility index (Phi) is 2.70. The van der Waals surface area contributed by atoms with Crippen molar-refractivity contribution in [2.75, 3.05) is 0 Å². The number of hydrogen-bond acceptors (Lipinski definition) is 5. The molecular formula is C12H9NO5. The number of benzene rings is 1. The third-order valence-electron chi connectivity index (χ3n) is 2.71. The van der Waals surface area contributed by atoms with Gasteiger partial charge < -0.3 is 4.42 Å². The van der Waals surface area contributed by atoms with E-state index in [0.29, 0.717) is 10.9 Å². The lowest BCUT2D eigenvalue weighted by molar-refractivity contribution is -0.384. The maximum Gasteiger partial charge on any atom is 0.347 e. The van der Waals surface area contributed by atoms with Crippen LogP contribution in [0.15, 0.2) is 27.4 Å². The van der Waals surface area contributed by atoms with E-state index in [0.717, 1.165) is 0 Å². The molecule has 0 amide bonds. The van der Waals surface area contributed by atoms with E-state index in [1.165, 1.54) is 25.1 Å². The molecule has 0 saturated carbocycles. The molecule has 1 aromatic heterocycles. The van der Waals surface area contributed by atoms with Crippen LogP contribution in [0.1, 0.15) is 22.8 Å². The zero-order valence-corrected chi connectivity index (χ0v) is 9.72. The maximum atomic E-state index is 11.6. The van der Waals surface area contributed by atoms with Gasteiger partial charge in [-0.2, -0.15) is 0 Å². The Morgan fingerprint density at radius 3 is 2.61 bits per heavy atom. The second-order valence-corrected chi connectivity index (χ2v) is 3.88. The highest BCUT2D eigenvalue weighted by Gasteiger charge is 2.16. The van der Waals surface area contributed by atoms with Gasteiger partial charge in [0.1, 0.15) is 11.1 Å². The van der Waals surface area contributed by atoms with Gasteiger partial charge in [0.15, 0.2) is 5.78 Å². The van der Waals surface area contributed by atoms with Crippen LogP contribution in [0.5, 0.6) is 0 Å². The summed E-state index contributed by atoms with van der Waals surface area (Å²) >= 11 is 0. The van der Waals surface area contributed by atoms with Gasteiger partial charge in [-0.25, -0.2) is 4.79 Å². The number of aryl methyl sites for hydroxylation is 1. The summed E-state index contributed by atoms with van der Waals surface area (Å²) in [6.45, 7) is 2.89. The molecule has 6 heteroatoms. The summed E-state index contributed by atoms with van der Waals surface area (Å²) in [5, 5.41) is 11.1. The molecule has 92 valence electrons. The molecule has 0 N–H and O–H groups in total. The number of carbonyl (C=O) groups is 1. The highest BCUT2D eigenvalue weighted by Crippen LogP contribution is 2.24. The SMILES string of the molecule is CC(=O)c1c(C)c2ccc([N+](=O)[O-])cc2oc1=O. The van der Waals surface area contributed by atoms with Gasteiger partial charge in [-0.15, -0.1) is 0 Å². The minimum atomic E-state index is -0.770. The van der Waals surface area contributed by atoms with Crippen LogP contribution in [0.2, 0.25) is 0 Å². The second-order valence-electron chi connectivity index (χ2n) is 3.88. The summed E-state index contributed by atoms with van der Waals surface area (Å²) in [5.41, 5.74) is -0.370. The first-order chi connectivity index (χ1) is 8.41. The largest absolute Gasteiger partial charge is 0.422 e. The molecule has 2 rings (SSSR count). The summed E-state index contributed by atoms with van der Waals surface area (Å²) in [4.78, 5) is 33.0. The summed E-state index contributed by atoms with van der Waals surface area (Å²) in [6, 6.07) is 3.95. The van der Waals surface area contributed by atoms with Crippen molar-refractivity contribution in [3.8, 4) is 0 Å². The molecule has 1 aromatic carbocycles. The predicted molar refractivity (Wildman–Crippen MR) is 63.9 cm³/mol. The Bertz CT molecular complexity index is 729. The van der Waals surface area contributed by atoms with Gasteiger partial charge in [-0.1, -0.05) is 0 Å². The number of hydrogen-bond donors (Lipinski definition) is 0. The summed E-state index contributed by atoms with van der Waals surface area (Å²) in [5.74, 6) is -0.387. The molecule has 0 aliphatic carbocycles. The average Bonchev–Trinajstić information content (AvgIpc) is 2.27. The zero-order valence-electron chi connectivity index (χ0n) is 9.72. The van der Waals surface area contributed by atoms with Gasteiger partial charge in [0.05, 0.1) is 11.0 Å². The van der Waals surface area contributed by atoms with Crippen LogP contribution in [-0.4, -0.2) is 10.7 Å². The first-order valence-electron chi connectivity index (χ1n) is 5.14. The fourth-order valence-electron chi connectivity index (χ4n) is 1.87. The van der Waals surface area contributed by atoms with E-state index < -0.39 is 10.5 Å². The standard InChI is InChI=1S/C12H9NO5/c1-6-9-4-3-8(13(16)17)5-10(9)18-12(15)11(6)7(2)14/h3-5H,1-2H3. The Hall–Kier alpha value is -2.50. The van der Waals surface area contributed by atoms with Gasteiger partial charge in [-0.05, 0) is 25.5 Å². The third kappa shape index (κ3) is 1.77. The Morgan fingerprint density at radius 2 is 2.06 bits per heavy atom. The zero-order chi connectivity index (χ0) is 13.4. The number of nitrogens with zero attached hydrogens (tertiary/aromatic N) is 1. The molecule has 0 aliphatic rings. The fourth-order valence-corrected chi connectivity index (χ4v) is 1.87. The minimum absolute atomic E-state index is 0.0173. The smallest absolute Gasteiger partial charge is 0.347 e. The summed E-state index contributed by atoms with van der Waals surface area (Å²) in [7, 11) is 0. The number of ketones is 1. The first kappa shape index (κ1) is 12.0. The van der Waals surface area contributed by atoms with E-state index >= 15 is 0 Å². The van der Waals surface area contributed by atoms with E-state index in [2.05, 4.69) is 0 Å². The van der Waals surface area contributed by atoms with Crippen molar-refractivity contribution in [2.45, 2.75) is 13.8 Å². The lowest BCUT2D eigenvalue weighted by Crippen LogP contribution is -2.14. The molecule has 0 fully saturated rings. The molecule has 1 heterocycles. The van der Waals surface area contributed by atoms with Crippen molar-refractivity contribution >= 4 is 22.4 Å². The van der Waals surface area contributed by atoms with Crippen molar-refractivity contribution in [3.63, 3.8) is 0 Å². The topological polar surface area (TPSA) is 90.4 Å². The van der Waals surface area contributed by atoms with E-state index in [1.54, 1.807) is 6.92 Å². The van der Waals surface area contributed by atoms with Crippen LogP contribution in [0, 0.1) is 17.0 Å². The highest BCUT2D eigenvalue weighted by atomic mass is 16.6. The molecule has 18 heavy (non-hydrogen) atoms.